The SMILES string of the molecule is CC(C)CS(=O)(=O)N1CCC2(CC1)c1ncc(-c3cccc(F)c3)n1CCN2C. The van der Waals surface area contributed by atoms with Gasteiger partial charge in [0.15, 0.2) is 0 Å². The fourth-order valence-electron chi connectivity index (χ4n) is 4.75. The highest BCUT2D eigenvalue weighted by molar-refractivity contribution is 7.89. The molecule has 0 saturated carbocycles. The molecule has 0 atom stereocenters. The fraction of sp³-hybridized carbons (Fsp3) is 0.571. The van der Waals surface area contributed by atoms with Gasteiger partial charge in [-0.2, -0.15) is 0 Å². The van der Waals surface area contributed by atoms with Crippen LogP contribution in [0.4, 0.5) is 4.39 Å². The molecule has 1 saturated heterocycles. The van der Waals surface area contributed by atoms with Gasteiger partial charge in [0.2, 0.25) is 10.0 Å². The van der Waals surface area contributed by atoms with Gasteiger partial charge in [-0.15, -0.1) is 0 Å². The summed E-state index contributed by atoms with van der Waals surface area (Å²) in [5.41, 5.74) is 1.45. The number of hydrogen-bond acceptors (Lipinski definition) is 4. The molecule has 0 N–H and O–H groups in total. The van der Waals surface area contributed by atoms with Gasteiger partial charge in [0.05, 0.1) is 23.2 Å². The van der Waals surface area contributed by atoms with Gasteiger partial charge in [0, 0.05) is 31.7 Å². The quantitative estimate of drug-likeness (QED) is 0.763. The van der Waals surface area contributed by atoms with E-state index in [2.05, 4.69) is 16.5 Å². The molecule has 1 aromatic heterocycles. The van der Waals surface area contributed by atoms with Crippen molar-refractivity contribution in [2.75, 3.05) is 32.4 Å². The third kappa shape index (κ3) is 3.62. The van der Waals surface area contributed by atoms with Crippen LogP contribution in [0, 0.1) is 11.7 Å². The van der Waals surface area contributed by atoms with E-state index in [1.165, 1.54) is 12.1 Å². The first-order valence-electron chi connectivity index (χ1n) is 10.2. The van der Waals surface area contributed by atoms with Crippen molar-refractivity contribution >= 4 is 10.0 Å². The maximum atomic E-state index is 13.7. The number of likely N-dealkylation sites (N-methyl/N-ethyl adjacent to an activating group) is 1. The number of benzene rings is 1. The molecule has 1 spiro atoms. The summed E-state index contributed by atoms with van der Waals surface area (Å²) < 4.78 is 42.9. The van der Waals surface area contributed by atoms with E-state index < -0.39 is 10.0 Å². The minimum Gasteiger partial charge on any atom is -0.325 e. The summed E-state index contributed by atoms with van der Waals surface area (Å²) in [6, 6.07) is 6.60. The van der Waals surface area contributed by atoms with E-state index in [1.807, 2.05) is 26.1 Å². The smallest absolute Gasteiger partial charge is 0.214 e. The molecule has 1 aromatic carbocycles. The van der Waals surface area contributed by atoms with Crippen molar-refractivity contribution in [1.82, 2.24) is 18.8 Å². The number of nitrogens with zero attached hydrogens (tertiary/aromatic N) is 4. The molecular weight excluding hydrogens is 391 g/mol. The molecule has 0 aliphatic carbocycles. The number of imidazole rings is 1. The standard InChI is InChI=1S/C21H29FN4O2S/c1-16(2)15-29(27,28)25-9-7-21(8-10-25)20-23-14-19(26(20)12-11-24(21)3)17-5-4-6-18(22)13-17/h4-6,13-14,16H,7-12,15H2,1-3H3. The Hall–Kier alpha value is -1.77. The first-order chi connectivity index (χ1) is 13.7. The van der Waals surface area contributed by atoms with Gasteiger partial charge >= 0.3 is 0 Å². The first kappa shape index (κ1) is 20.5. The zero-order chi connectivity index (χ0) is 20.8. The lowest BCUT2D eigenvalue weighted by Gasteiger charge is -2.49. The number of aromatic nitrogens is 2. The monoisotopic (exact) mass is 420 g/mol. The highest BCUT2D eigenvalue weighted by atomic mass is 32.2. The van der Waals surface area contributed by atoms with Crippen LogP contribution in [0.15, 0.2) is 30.5 Å². The van der Waals surface area contributed by atoms with Gasteiger partial charge in [-0.1, -0.05) is 26.0 Å². The third-order valence-corrected chi connectivity index (χ3v) is 8.51. The highest BCUT2D eigenvalue weighted by Gasteiger charge is 2.47. The van der Waals surface area contributed by atoms with Crippen molar-refractivity contribution in [1.29, 1.82) is 0 Å². The Morgan fingerprint density at radius 2 is 1.90 bits per heavy atom. The first-order valence-corrected chi connectivity index (χ1v) is 11.8. The highest BCUT2D eigenvalue weighted by Crippen LogP contribution is 2.42. The lowest BCUT2D eigenvalue weighted by atomic mass is 9.84. The zero-order valence-corrected chi connectivity index (χ0v) is 18.1. The van der Waals surface area contributed by atoms with Crippen molar-refractivity contribution in [3.8, 4) is 11.3 Å². The second kappa shape index (κ2) is 7.49. The van der Waals surface area contributed by atoms with E-state index in [4.69, 9.17) is 4.98 Å². The number of halogens is 1. The molecule has 2 aliphatic rings. The molecule has 0 bridgehead atoms. The van der Waals surface area contributed by atoms with Crippen LogP contribution < -0.4 is 0 Å². The van der Waals surface area contributed by atoms with Crippen molar-refractivity contribution in [3.05, 3.63) is 42.1 Å². The molecule has 2 aliphatic heterocycles. The molecule has 8 heteroatoms. The fourth-order valence-corrected chi connectivity index (χ4v) is 6.54. The average molecular weight is 421 g/mol. The maximum absolute atomic E-state index is 13.7. The van der Waals surface area contributed by atoms with E-state index in [0.717, 1.165) is 30.2 Å². The van der Waals surface area contributed by atoms with Crippen LogP contribution in [0.2, 0.25) is 0 Å². The summed E-state index contributed by atoms with van der Waals surface area (Å²) in [7, 11) is -1.13. The maximum Gasteiger partial charge on any atom is 0.214 e. The Kier molecular flexibility index (Phi) is 5.29. The number of hydrogen-bond donors (Lipinski definition) is 0. The molecule has 6 nitrogen and oxygen atoms in total. The van der Waals surface area contributed by atoms with Gasteiger partial charge in [0.1, 0.15) is 11.6 Å². The van der Waals surface area contributed by atoms with Crippen LogP contribution in [0.25, 0.3) is 11.3 Å². The molecule has 0 amide bonds. The van der Waals surface area contributed by atoms with Crippen LogP contribution >= 0.6 is 0 Å². The molecule has 29 heavy (non-hydrogen) atoms. The second-order valence-corrected chi connectivity index (χ2v) is 10.7. The molecule has 158 valence electrons. The Labute approximate surface area is 172 Å². The van der Waals surface area contributed by atoms with Crippen molar-refractivity contribution in [2.24, 2.45) is 5.92 Å². The van der Waals surface area contributed by atoms with Crippen molar-refractivity contribution < 1.29 is 12.8 Å². The Balaban J connectivity index is 1.64. The summed E-state index contributed by atoms with van der Waals surface area (Å²) in [6.07, 6.45) is 3.24. The molecular formula is C21H29FN4O2S. The van der Waals surface area contributed by atoms with Crippen molar-refractivity contribution in [2.45, 2.75) is 38.8 Å². The molecule has 1 fully saturated rings. The van der Waals surface area contributed by atoms with Crippen LogP contribution in [-0.4, -0.2) is 59.6 Å². The van der Waals surface area contributed by atoms with Gasteiger partial charge in [-0.05, 0) is 37.9 Å². The van der Waals surface area contributed by atoms with Gasteiger partial charge in [-0.25, -0.2) is 22.1 Å². The lowest BCUT2D eigenvalue weighted by molar-refractivity contribution is 0.0274. The Morgan fingerprint density at radius 3 is 2.55 bits per heavy atom. The third-order valence-electron chi connectivity index (χ3n) is 6.27. The number of rotatable bonds is 4. The van der Waals surface area contributed by atoms with Crippen molar-refractivity contribution in [3.63, 3.8) is 0 Å². The Bertz CT molecular complexity index is 994. The van der Waals surface area contributed by atoms with Gasteiger partial charge in [-0.3, -0.25) is 4.90 Å². The average Bonchev–Trinajstić information content (AvgIpc) is 3.09. The van der Waals surface area contributed by atoms with E-state index in [1.54, 1.807) is 10.4 Å². The van der Waals surface area contributed by atoms with Gasteiger partial charge < -0.3 is 4.57 Å². The summed E-state index contributed by atoms with van der Waals surface area (Å²) in [4.78, 5) is 7.07. The summed E-state index contributed by atoms with van der Waals surface area (Å²) in [5.74, 6) is 1.01. The molecule has 2 aromatic rings. The van der Waals surface area contributed by atoms with Crippen LogP contribution in [0.1, 0.15) is 32.5 Å². The molecule has 4 rings (SSSR count). The number of piperidine rings is 1. The Morgan fingerprint density at radius 1 is 1.17 bits per heavy atom. The second-order valence-electron chi connectivity index (χ2n) is 8.65. The van der Waals surface area contributed by atoms with Gasteiger partial charge in [0.25, 0.3) is 0 Å². The van der Waals surface area contributed by atoms with E-state index in [-0.39, 0.29) is 23.0 Å². The van der Waals surface area contributed by atoms with E-state index >= 15 is 0 Å². The van der Waals surface area contributed by atoms with Crippen LogP contribution in [0.5, 0.6) is 0 Å². The predicted molar refractivity (Wildman–Crippen MR) is 111 cm³/mol. The molecule has 0 radical (unpaired) electrons. The summed E-state index contributed by atoms with van der Waals surface area (Å²) >= 11 is 0. The predicted octanol–water partition coefficient (Wildman–Crippen LogP) is 2.91. The minimum atomic E-state index is -3.23. The summed E-state index contributed by atoms with van der Waals surface area (Å²) in [6.45, 7) is 6.51. The lowest BCUT2D eigenvalue weighted by Crippen LogP contribution is -2.57. The van der Waals surface area contributed by atoms with E-state index in [9.17, 15) is 12.8 Å². The molecule has 3 heterocycles. The minimum absolute atomic E-state index is 0.112. The van der Waals surface area contributed by atoms with Crippen LogP contribution in [-0.2, 0) is 22.1 Å². The van der Waals surface area contributed by atoms with E-state index in [0.29, 0.717) is 25.9 Å². The molecule has 0 unspecified atom stereocenters. The zero-order valence-electron chi connectivity index (χ0n) is 17.3. The van der Waals surface area contributed by atoms with Crippen LogP contribution in [0.3, 0.4) is 0 Å². The normalized spacial score (nSPS) is 20.3. The number of fused-ring (bicyclic) bond motifs is 2. The number of sulfonamides is 1. The summed E-state index contributed by atoms with van der Waals surface area (Å²) in [5, 5.41) is 0. The largest absolute Gasteiger partial charge is 0.325 e. The topological polar surface area (TPSA) is 58.4 Å².